The van der Waals surface area contributed by atoms with Crippen molar-refractivity contribution in [2.24, 2.45) is 0 Å². The number of rotatable bonds is 3. The predicted molar refractivity (Wildman–Crippen MR) is 50.0 cm³/mol. The monoisotopic (exact) mass is 228 g/mol. The molecule has 0 aromatic heterocycles. The van der Waals surface area contributed by atoms with Crippen LogP contribution in [0.15, 0.2) is 18.2 Å². The summed E-state index contributed by atoms with van der Waals surface area (Å²) in [5.41, 5.74) is -1.13. The molecule has 0 aliphatic carbocycles. The van der Waals surface area contributed by atoms with Crippen LogP contribution in [0.3, 0.4) is 0 Å². The highest BCUT2D eigenvalue weighted by molar-refractivity contribution is 5.89. The number of aromatic carboxylic acids is 1. The Morgan fingerprint density at radius 3 is 2.00 bits per heavy atom. The van der Waals surface area contributed by atoms with E-state index in [9.17, 15) is 18.4 Å². The molecule has 0 aliphatic rings. The number of halogens is 2. The third kappa shape index (κ3) is 2.63. The zero-order chi connectivity index (χ0) is 12.3. The summed E-state index contributed by atoms with van der Waals surface area (Å²) in [5.74, 6) is -5.09. The number of carboxylic acids is 2. The summed E-state index contributed by atoms with van der Waals surface area (Å²) in [6.07, 6.45) is 1.28. The Balaban J connectivity index is 3.22. The van der Waals surface area contributed by atoms with Crippen molar-refractivity contribution in [1.82, 2.24) is 0 Å². The summed E-state index contributed by atoms with van der Waals surface area (Å²) in [7, 11) is 0. The van der Waals surface area contributed by atoms with Gasteiger partial charge in [-0.15, -0.1) is 0 Å². The second-order valence-corrected chi connectivity index (χ2v) is 2.83. The van der Waals surface area contributed by atoms with Gasteiger partial charge in [0.2, 0.25) is 0 Å². The summed E-state index contributed by atoms with van der Waals surface area (Å²) >= 11 is 0. The molecule has 1 rings (SSSR count). The van der Waals surface area contributed by atoms with Crippen molar-refractivity contribution in [1.29, 1.82) is 0 Å². The van der Waals surface area contributed by atoms with Crippen LogP contribution in [0, 0.1) is 11.6 Å². The molecule has 1 aromatic carbocycles. The van der Waals surface area contributed by atoms with Gasteiger partial charge in [0.25, 0.3) is 0 Å². The lowest BCUT2D eigenvalue weighted by atomic mass is 10.1. The number of aliphatic carboxylic acids is 1. The van der Waals surface area contributed by atoms with Crippen molar-refractivity contribution < 1.29 is 28.6 Å². The summed E-state index contributed by atoms with van der Waals surface area (Å²) < 4.78 is 26.3. The molecule has 2 N–H and O–H groups in total. The number of hydrogen-bond acceptors (Lipinski definition) is 2. The average molecular weight is 228 g/mol. The van der Waals surface area contributed by atoms with Gasteiger partial charge in [0.1, 0.15) is 11.6 Å². The molecule has 0 aliphatic heterocycles. The topological polar surface area (TPSA) is 74.6 Å². The van der Waals surface area contributed by atoms with Gasteiger partial charge in [0.15, 0.2) is 0 Å². The standard InChI is InChI=1S/C10H6F2O4/c11-7-3-5(10(15)16)4-8(12)6(7)1-2-9(13)14/h1-4H,(H,13,14)(H,15,16). The van der Waals surface area contributed by atoms with E-state index in [0.29, 0.717) is 18.2 Å². The molecule has 0 atom stereocenters. The smallest absolute Gasteiger partial charge is 0.335 e. The molecule has 0 bridgehead atoms. The van der Waals surface area contributed by atoms with Crippen LogP contribution in [0.4, 0.5) is 8.78 Å². The zero-order valence-corrected chi connectivity index (χ0v) is 7.78. The molecule has 0 saturated carbocycles. The Hall–Kier alpha value is -2.24. The van der Waals surface area contributed by atoms with E-state index in [4.69, 9.17) is 10.2 Å². The van der Waals surface area contributed by atoms with Gasteiger partial charge < -0.3 is 10.2 Å². The van der Waals surface area contributed by atoms with Crippen LogP contribution in [0.2, 0.25) is 0 Å². The maximum atomic E-state index is 13.2. The molecular weight excluding hydrogens is 222 g/mol. The fourth-order valence-electron chi connectivity index (χ4n) is 1.02. The van der Waals surface area contributed by atoms with E-state index in [2.05, 4.69) is 0 Å². The lowest BCUT2D eigenvalue weighted by Gasteiger charge is -2.01. The first-order valence-corrected chi connectivity index (χ1v) is 4.05. The van der Waals surface area contributed by atoms with Gasteiger partial charge >= 0.3 is 11.9 Å². The van der Waals surface area contributed by atoms with E-state index in [0.717, 1.165) is 6.08 Å². The Labute approximate surface area is 88.4 Å². The number of carboxylic acid groups (broad SMARTS) is 2. The average Bonchev–Trinajstić information content (AvgIpc) is 2.15. The quantitative estimate of drug-likeness (QED) is 0.773. The highest BCUT2D eigenvalue weighted by Crippen LogP contribution is 2.17. The van der Waals surface area contributed by atoms with Gasteiger partial charge in [0.05, 0.1) is 5.56 Å². The van der Waals surface area contributed by atoms with Gasteiger partial charge in [-0.2, -0.15) is 0 Å². The van der Waals surface area contributed by atoms with Crippen molar-refractivity contribution in [2.45, 2.75) is 0 Å². The highest BCUT2D eigenvalue weighted by Gasteiger charge is 2.12. The Kier molecular flexibility index (Phi) is 3.34. The number of carbonyl (C=O) groups is 2. The van der Waals surface area contributed by atoms with Crippen LogP contribution in [-0.4, -0.2) is 22.2 Å². The summed E-state index contributed by atoms with van der Waals surface area (Å²) in [5, 5.41) is 16.8. The van der Waals surface area contributed by atoms with Crippen molar-refractivity contribution in [3.63, 3.8) is 0 Å². The van der Waals surface area contributed by atoms with Crippen molar-refractivity contribution in [3.8, 4) is 0 Å². The number of hydrogen-bond donors (Lipinski definition) is 2. The second kappa shape index (κ2) is 4.52. The lowest BCUT2D eigenvalue weighted by molar-refractivity contribution is -0.131. The maximum absolute atomic E-state index is 13.2. The SMILES string of the molecule is O=C(O)C=Cc1c(F)cc(C(=O)O)cc1F. The lowest BCUT2D eigenvalue weighted by Crippen LogP contribution is -2.01. The van der Waals surface area contributed by atoms with E-state index in [1.807, 2.05) is 0 Å². The van der Waals surface area contributed by atoms with Crippen molar-refractivity contribution in [3.05, 3.63) is 41.0 Å². The van der Waals surface area contributed by atoms with E-state index >= 15 is 0 Å². The fourth-order valence-corrected chi connectivity index (χ4v) is 1.02. The van der Waals surface area contributed by atoms with E-state index < -0.39 is 34.7 Å². The Morgan fingerprint density at radius 1 is 1.12 bits per heavy atom. The molecular formula is C10H6F2O4. The van der Waals surface area contributed by atoms with Gasteiger partial charge in [-0.3, -0.25) is 0 Å². The van der Waals surface area contributed by atoms with Gasteiger partial charge in [0, 0.05) is 11.6 Å². The zero-order valence-electron chi connectivity index (χ0n) is 7.78. The largest absolute Gasteiger partial charge is 0.478 e. The van der Waals surface area contributed by atoms with Crippen LogP contribution >= 0.6 is 0 Å². The summed E-state index contributed by atoms with van der Waals surface area (Å²) in [6, 6.07) is 1.24. The third-order valence-corrected chi connectivity index (χ3v) is 1.72. The van der Waals surface area contributed by atoms with Crippen molar-refractivity contribution in [2.75, 3.05) is 0 Å². The minimum absolute atomic E-state index is 0.539. The molecule has 0 radical (unpaired) electrons. The van der Waals surface area contributed by atoms with Gasteiger partial charge in [-0.05, 0) is 18.2 Å². The van der Waals surface area contributed by atoms with Crippen LogP contribution in [0.5, 0.6) is 0 Å². The van der Waals surface area contributed by atoms with Crippen LogP contribution in [0.25, 0.3) is 6.08 Å². The molecule has 0 amide bonds. The third-order valence-electron chi connectivity index (χ3n) is 1.72. The Bertz CT molecular complexity index is 457. The maximum Gasteiger partial charge on any atom is 0.335 e. The molecule has 0 saturated heterocycles. The molecule has 0 unspecified atom stereocenters. The van der Waals surface area contributed by atoms with Crippen molar-refractivity contribution >= 4 is 18.0 Å². The predicted octanol–water partition coefficient (Wildman–Crippen LogP) is 1.76. The first-order chi connectivity index (χ1) is 7.41. The fraction of sp³-hybridized carbons (Fsp3) is 0. The normalized spacial score (nSPS) is 10.6. The van der Waals surface area contributed by atoms with E-state index in [-0.39, 0.29) is 0 Å². The Morgan fingerprint density at radius 2 is 1.62 bits per heavy atom. The van der Waals surface area contributed by atoms with E-state index in [1.54, 1.807) is 0 Å². The summed E-state index contributed by atoms with van der Waals surface area (Å²) in [6.45, 7) is 0. The van der Waals surface area contributed by atoms with E-state index in [1.165, 1.54) is 0 Å². The first kappa shape index (κ1) is 11.8. The minimum atomic E-state index is -1.47. The molecule has 4 nitrogen and oxygen atoms in total. The molecule has 0 fully saturated rings. The molecule has 84 valence electrons. The first-order valence-electron chi connectivity index (χ1n) is 4.05. The molecule has 0 spiro atoms. The van der Waals surface area contributed by atoms with Crippen LogP contribution < -0.4 is 0 Å². The molecule has 6 heteroatoms. The molecule has 0 heterocycles. The highest BCUT2D eigenvalue weighted by atomic mass is 19.1. The van der Waals surface area contributed by atoms with Crippen LogP contribution in [-0.2, 0) is 4.79 Å². The van der Waals surface area contributed by atoms with Gasteiger partial charge in [-0.1, -0.05) is 0 Å². The number of benzene rings is 1. The summed E-state index contributed by atoms with van der Waals surface area (Å²) in [4.78, 5) is 20.6. The van der Waals surface area contributed by atoms with Crippen LogP contribution in [0.1, 0.15) is 15.9 Å². The minimum Gasteiger partial charge on any atom is -0.478 e. The second-order valence-electron chi connectivity index (χ2n) is 2.83. The molecule has 1 aromatic rings. The van der Waals surface area contributed by atoms with Gasteiger partial charge in [-0.25, -0.2) is 18.4 Å². The molecule has 16 heavy (non-hydrogen) atoms.